The lowest BCUT2D eigenvalue weighted by Crippen LogP contribution is -2.21. The van der Waals surface area contributed by atoms with E-state index in [2.05, 4.69) is 0 Å². The molecule has 0 aliphatic heterocycles. The van der Waals surface area contributed by atoms with Gasteiger partial charge < -0.3 is 9.84 Å². The Morgan fingerprint density at radius 2 is 2.20 bits per heavy atom. The lowest BCUT2D eigenvalue weighted by atomic mass is 10.0. The van der Waals surface area contributed by atoms with Gasteiger partial charge in [0.25, 0.3) is 0 Å². The Labute approximate surface area is 93.6 Å². The molecule has 0 saturated carbocycles. The molecule has 3 nitrogen and oxygen atoms in total. The summed E-state index contributed by atoms with van der Waals surface area (Å²) in [7, 11) is 1.49. The summed E-state index contributed by atoms with van der Waals surface area (Å²) in [5, 5.41) is 9.53. The zero-order valence-corrected chi connectivity index (χ0v) is 9.20. The van der Waals surface area contributed by atoms with Gasteiger partial charge in [-0.05, 0) is 18.1 Å². The predicted octanol–water partition coefficient (Wildman–Crippen LogP) is 2.23. The highest BCUT2D eigenvalue weighted by Crippen LogP contribution is 2.19. The maximum absolute atomic E-state index is 10.9. The molecule has 1 rings (SSSR count). The molecule has 4 heteroatoms. The third-order valence-electron chi connectivity index (χ3n) is 2.14. The third-order valence-corrected chi connectivity index (χ3v) is 2.51. The van der Waals surface area contributed by atoms with E-state index in [1.807, 2.05) is 18.2 Å². The van der Waals surface area contributed by atoms with Crippen LogP contribution >= 0.6 is 11.6 Å². The summed E-state index contributed by atoms with van der Waals surface area (Å²) >= 11 is 5.94. The van der Waals surface area contributed by atoms with Crippen LogP contribution in [0.5, 0.6) is 0 Å². The Morgan fingerprint density at radius 3 is 2.73 bits per heavy atom. The minimum atomic E-state index is -0.864. The molecule has 0 heterocycles. The highest BCUT2D eigenvalue weighted by atomic mass is 35.5. The van der Waals surface area contributed by atoms with Gasteiger partial charge in [-0.15, -0.1) is 0 Å². The van der Waals surface area contributed by atoms with Gasteiger partial charge in [0.05, 0.1) is 12.5 Å². The molecule has 0 radical (unpaired) electrons. The van der Waals surface area contributed by atoms with E-state index in [0.29, 0.717) is 11.4 Å². The Kier molecular flexibility index (Phi) is 4.59. The van der Waals surface area contributed by atoms with Gasteiger partial charge in [0.2, 0.25) is 0 Å². The molecule has 1 aromatic rings. The van der Waals surface area contributed by atoms with Crippen LogP contribution in [0.25, 0.3) is 0 Å². The summed E-state index contributed by atoms with van der Waals surface area (Å²) in [4.78, 5) is 10.9. The zero-order valence-electron chi connectivity index (χ0n) is 8.44. The van der Waals surface area contributed by atoms with Crippen LogP contribution in [0.4, 0.5) is 0 Å². The molecule has 0 saturated heterocycles. The summed E-state index contributed by atoms with van der Waals surface area (Å²) in [5.41, 5.74) is 0.837. The Balaban J connectivity index is 2.74. The molecule has 1 unspecified atom stereocenters. The van der Waals surface area contributed by atoms with Crippen LogP contribution in [-0.2, 0) is 16.0 Å². The summed E-state index contributed by atoms with van der Waals surface area (Å²) in [6, 6.07) is 7.24. The van der Waals surface area contributed by atoms with Crippen molar-refractivity contribution in [2.45, 2.75) is 6.42 Å². The number of aliphatic carboxylic acids is 1. The molecule has 0 aliphatic rings. The van der Waals surface area contributed by atoms with Crippen molar-refractivity contribution < 1.29 is 14.6 Å². The van der Waals surface area contributed by atoms with Crippen LogP contribution in [0.1, 0.15) is 5.56 Å². The molecule has 0 aromatic heterocycles. The number of carbonyl (C=O) groups is 1. The Morgan fingerprint density at radius 1 is 1.53 bits per heavy atom. The maximum atomic E-state index is 10.9. The highest BCUT2D eigenvalue weighted by Gasteiger charge is 2.18. The lowest BCUT2D eigenvalue weighted by molar-refractivity contribution is -0.143. The first kappa shape index (κ1) is 12.0. The lowest BCUT2D eigenvalue weighted by Gasteiger charge is -2.11. The molecule has 15 heavy (non-hydrogen) atoms. The average molecular weight is 229 g/mol. The molecule has 0 amide bonds. The first-order valence-electron chi connectivity index (χ1n) is 4.60. The number of hydrogen-bond donors (Lipinski definition) is 1. The van der Waals surface area contributed by atoms with Crippen LogP contribution in [0, 0.1) is 5.92 Å². The fourth-order valence-corrected chi connectivity index (χ4v) is 1.56. The van der Waals surface area contributed by atoms with E-state index < -0.39 is 11.9 Å². The summed E-state index contributed by atoms with van der Waals surface area (Å²) in [6.45, 7) is 0.195. The van der Waals surface area contributed by atoms with E-state index in [1.54, 1.807) is 6.07 Å². The number of ether oxygens (including phenoxy) is 1. The number of hydrogen-bond acceptors (Lipinski definition) is 2. The van der Waals surface area contributed by atoms with Crippen molar-refractivity contribution in [3.8, 4) is 0 Å². The van der Waals surface area contributed by atoms with Gasteiger partial charge in [-0.25, -0.2) is 0 Å². The normalized spacial score (nSPS) is 12.4. The van der Waals surface area contributed by atoms with Crippen molar-refractivity contribution in [2.24, 2.45) is 5.92 Å². The van der Waals surface area contributed by atoms with Crippen LogP contribution < -0.4 is 0 Å². The fourth-order valence-electron chi connectivity index (χ4n) is 1.35. The van der Waals surface area contributed by atoms with Crippen LogP contribution in [0.3, 0.4) is 0 Å². The Hall–Kier alpha value is -1.06. The maximum Gasteiger partial charge on any atom is 0.309 e. The van der Waals surface area contributed by atoms with Crippen molar-refractivity contribution in [1.29, 1.82) is 0 Å². The second-order valence-electron chi connectivity index (χ2n) is 3.29. The molecule has 0 spiro atoms. The third kappa shape index (κ3) is 3.53. The molecule has 82 valence electrons. The first-order valence-corrected chi connectivity index (χ1v) is 4.98. The van der Waals surface area contributed by atoms with Crippen LogP contribution in [-0.4, -0.2) is 24.8 Å². The second-order valence-corrected chi connectivity index (χ2v) is 3.69. The van der Waals surface area contributed by atoms with Crippen LogP contribution in [0.15, 0.2) is 24.3 Å². The van der Waals surface area contributed by atoms with Gasteiger partial charge >= 0.3 is 5.97 Å². The fraction of sp³-hybridized carbons (Fsp3) is 0.364. The van der Waals surface area contributed by atoms with Gasteiger partial charge in [0, 0.05) is 12.1 Å². The van der Waals surface area contributed by atoms with Gasteiger partial charge in [-0.2, -0.15) is 0 Å². The van der Waals surface area contributed by atoms with Crippen molar-refractivity contribution in [3.05, 3.63) is 34.9 Å². The molecule has 0 aliphatic carbocycles. The number of carboxylic acid groups (broad SMARTS) is 1. The molecule has 1 atom stereocenters. The smallest absolute Gasteiger partial charge is 0.309 e. The standard InChI is InChI=1S/C11H13ClO3/c1-15-7-9(11(13)14)6-8-4-2-3-5-10(8)12/h2-5,9H,6-7H2,1H3,(H,13,14). The van der Waals surface area contributed by atoms with E-state index in [0.717, 1.165) is 5.56 Å². The van der Waals surface area contributed by atoms with Crippen molar-refractivity contribution in [2.75, 3.05) is 13.7 Å². The minimum absolute atomic E-state index is 0.195. The quantitative estimate of drug-likeness (QED) is 0.841. The molecule has 0 fully saturated rings. The number of carboxylic acids is 1. The van der Waals surface area contributed by atoms with Gasteiger partial charge in [0.1, 0.15) is 0 Å². The van der Waals surface area contributed by atoms with Gasteiger partial charge in [-0.1, -0.05) is 29.8 Å². The van der Waals surface area contributed by atoms with Gasteiger partial charge in [0.15, 0.2) is 0 Å². The van der Waals surface area contributed by atoms with E-state index in [1.165, 1.54) is 7.11 Å². The topological polar surface area (TPSA) is 46.5 Å². The number of halogens is 1. The van der Waals surface area contributed by atoms with E-state index in [4.69, 9.17) is 21.4 Å². The van der Waals surface area contributed by atoms with E-state index >= 15 is 0 Å². The van der Waals surface area contributed by atoms with Crippen molar-refractivity contribution in [3.63, 3.8) is 0 Å². The molecular formula is C11H13ClO3. The molecular weight excluding hydrogens is 216 g/mol. The second kappa shape index (κ2) is 5.73. The van der Waals surface area contributed by atoms with E-state index in [-0.39, 0.29) is 6.61 Å². The number of methoxy groups -OCH3 is 1. The highest BCUT2D eigenvalue weighted by molar-refractivity contribution is 6.31. The predicted molar refractivity (Wildman–Crippen MR) is 58.2 cm³/mol. The van der Waals surface area contributed by atoms with E-state index in [9.17, 15) is 4.79 Å². The monoisotopic (exact) mass is 228 g/mol. The zero-order chi connectivity index (χ0) is 11.3. The first-order chi connectivity index (χ1) is 7.15. The summed E-state index contributed by atoms with van der Waals surface area (Å²) in [5.74, 6) is -1.41. The van der Waals surface area contributed by atoms with Crippen molar-refractivity contribution in [1.82, 2.24) is 0 Å². The summed E-state index contributed by atoms with van der Waals surface area (Å²) < 4.78 is 4.85. The molecule has 1 aromatic carbocycles. The minimum Gasteiger partial charge on any atom is -0.481 e. The molecule has 1 N–H and O–H groups in total. The summed E-state index contributed by atoms with van der Waals surface area (Å²) in [6.07, 6.45) is 0.392. The SMILES string of the molecule is COCC(Cc1ccccc1Cl)C(=O)O. The molecule has 0 bridgehead atoms. The number of benzene rings is 1. The van der Waals surface area contributed by atoms with Crippen molar-refractivity contribution >= 4 is 17.6 Å². The Bertz CT molecular complexity index is 338. The van der Waals surface area contributed by atoms with Gasteiger partial charge in [-0.3, -0.25) is 4.79 Å². The average Bonchev–Trinajstić information content (AvgIpc) is 2.20. The largest absolute Gasteiger partial charge is 0.481 e. The van der Waals surface area contributed by atoms with Crippen LogP contribution in [0.2, 0.25) is 5.02 Å². The number of rotatable bonds is 5.